The molecule has 0 unspecified atom stereocenters. The van der Waals surface area contributed by atoms with Crippen molar-refractivity contribution in [3.05, 3.63) is 29.0 Å². The zero-order valence-corrected chi connectivity index (χ0v) is 18.0. The molecule has 2 rings (SSSR count). The number of benzene rings is 1. The van der Waals surface area contributed by atoms with Crippen molar-refractivity contribution < 1.29 is 23.1 Å². The third-order valence-corrected chi connectivity index (χ3v) is 4.89. The minimum absolute atomic E-state index is 0.0277. The van der Waals surface area contributed by atoms with E-state index in [-0.39, 0.29) is 40.5 Å². The second kappa shape index (κ2) is 8.45. The Morgan fingerprint density at radius 1 is 1.42 bits per heavy atom. The Morgan fingerprint density at radius 2 is 2.12 bits per heavy atom. The molecular formula is C17H20BrClFNO4Si. The van der Waals surface area contributed by atoms with E-state index in [2.05, 4.69) is 21.2 Å². The van der Waals surface area contributed by atoms with Crippen LogP contribution in [0, 0.1) is 5.82 Å². The van der Waals surface area contributed by atoms with Gasteiger partial charge in [-0.05, 0) is 44.3 Å². The number of carbonyl (C=O) groups is 1. The Bertz CT molecular complexity index is 807. The van der Waals surface area contributed by atoms with Crippen molar-refractivity contribution in [1.29, 1.82) is 0 Å². The number of hydrogen-bond donors (Lipinski definition) is 2. The Hall–Kier alpha value is -1.51. The summed E-state index contributed by atoms with van der Waals surface area (Å²) >= 11 is 9.08. The molecule has 0 atom stereocenters. The van der Waals surface area contributed by atoms with Gasteiger partial charge in [0.05, 0.1) is 5.02 Å². The van der Waals surface area contributed by atoms with Crippen LogP contribution in [0.3, 0.4) is 0 Å². The molecule has 0 spiro atoms. The normalized spacial score (nSPS) is 11.5. The Morgan fingerprint density at radius 3 is 2.69 bits per heavy atom. The number of anilines is 1. The van der Waals surface area contributed by atoms with Gasteiger partial charge in [-0.25, -0.2) is 4.39 Å². The van der Waals surface area contributed by atoms with Crippen molar-refractivity contribution in [2.75, 3.05) is 10.6 Å². The third kappa shape index (κ3) is 5.25. The summed E-state index contributed by atoms with van der Waals surface area (Å²) < 4.78 is 24.9. The lowest BCUT2D eigenvalue weighted by Gasteiger charge is -2.18. The number of alkyl halides is 1. The van der Waals surface area contributed by atoms with Gasteiger partial charge in [0, 0.05) is 17.3 Å². The summed E-state index contributed by atoms with van der Waals surface area (Å²) in [6, 6.07) is 3.94. The molecule has 0 bridgehead atoms. The summed E-state index contributed by atoms with van der Waals surface area (Å²) in [5.41, 5.74) is 0.371. The molecule has 0 aliphatic carbocycles. The van der Waals surface area contributed by atoms with Crippen LogP contribution in [0.4, 0.5) is 10.3 Å². The van der Waals surface area contributed by atoms with E-state index in [4.69, 9.17) is 20.4 Å². The van der Waals surface area contributed by atoms with Crippen molar-refractivity contribution in [3.63, 3.8) is 0 Å². The highest BCUT2D eigenvalue weighted by atomic mass is 79.9. The van der Waals surface area contributed by atoms with Crippen LogP contribution in [0.5, 0.6) is 11.5 Å². The van der Waals surface area contributed by atoms with E-state index < -0.39 is 14.1 Å². The molecule has 0 radical (unpaired) electrons. The van der Waals surface area contributed by atoms with Crippen LogP contribution < -0.4 is 9.74 Å². The SMILES string of the molecule is C[Si](C)(C)Oc1c(NC(=O)CCCBr)oc(-c2ccc(F)c(Cl)c2)c1O. The second-order valence-electron chi connectivity index (χ2n) is 6.62. The van der Waals surface area contributed by atoms with Crippen LogP contribution in [-0.4, -0.2) is 24.7 Å². The fraction of sp³-hybridized carbons (Fsp3) is 0.353. The Labute approximate surface area is 165 Å². The molecule has 0 aliphatic rings. The predicted molar refractivity (Wildman–Crippen MR) is 106 cm³/mol. The number of aromatic hydroxyl groups is 1. The van der Waals surface area contributed by atoms with Crippen LogP contribution in [0.25, 0.3) is 11.3 Å². The van der Waals surface area contributed by atoms with Crippen molar-refractivity contribution in [2.45, 2.75) is 32.5 Å². The van der Waals surface area contributed by atoms with Crippen LogP contribution >= 0.6 is 27.5 Å². The fourth-order valence-electron chi connectivity index (χ4n) is 2.14. The standard InChI is InChI=1S/C17H20BrClFNO4Si/c1-26(2,3)25-16-14(23)15(10-6-7-12(20)11(19)9-10)24-17(16)21-13(22)5-4-8-18/h6-7,9,23H,4-5,8H2,1-3H3,(H,21,22). The fourth-order valence-corrected chi connectivity index (χ4v) is 3.40. The van der Waals surface area contributed by atoms with Gasteiger partial charge in [0.1, 0.15) is 5.82 Å². The van der Waals surface area contributed by atoms with Crippen LogP contribution in [-0.2, 0) is 4.79 Å². The van der Waals surface area contributed by atoms with Gasteiger partial charge in [-0.3, -0.25) is 10.1 Å². The monoisotopic (exact) mass is 463 g/mol. The summed E-state index contributed by atoms with van der Waals surface area (Å²) in [5.74, 6) is -0.945. The van der Waals surface area contributed by atoms with Crippen LogP contribution in [0.2, 0.25) is 24.7 Å². The van der Waals surface area contributed by atoms with E-state index >= 15 is 0 Å². The quantitative estimate of drug-likeness (QED) is 0.403. The number of furan rings is 1. The van der Waals surface area contributed by atoms with Crippen LogP contribution in [0.15, 0.2) is 22.6 Å². The zero-order chi connectivity index (χ0) is 19.5. The van der Waals surface area contributed by atoms with Crippen molar-refractivity contribution in [2.24, 2.45) is 0 Å². The highest BCUT2D eigenvalue weighted by molar-refractivity contribution is 9.09. The maximum atomic E-state index is 13.4. The summed E-state index contributed by atoms with van der Waals surface area (Å²) in [4.78, 5) is 12.1. The average Bonchev–Trinajstić information content (AvgIpc) is 2.83. The Kier molecular flexibility index (Phi) is 6.76. The molecule has 26 heavy (non-hydrogen) atoms. The lowest BCUT2D eigenvalue weighted by Crippen LogP contribution is -2.29. The molecular weight excluding hydrogens is 445 g/mol. The lowest BCUT2D eigenvalue weighted by molar-refractivity contribution is -0.116. The van der Waals surface area contributed by atoms with Gasteiger partial charge in [0.2, 0.25) is 31.6 Å². The summed E-state index contributed by atoms with van der Waals surface area (Å²) in [6.07, 6.45) is 0.944. The van der Waals surface area contributed by atoms with E-state index in [9.17, 15) is 14.3 Å². The van der Waals surface area contributed by atoms with Crippen LogP contribution in [0.1, 0.15) is 12.8 Å². The number of hydrogen-bond acceptors (Lipinski definition) is 4. The number of nitrogens with one attached hydrogen (secondary N) is 1. The first-order chi connectivity index (χ1) is 12.1. The second-order valence-corrected chi connectivity index (χ2v) is 12.3. The van der Waals surface area contributed by atoms with Gasteiger partial charge in [0.25, 0.3) is 0 Å². The zero-order valence-electron chi connectivity index (χ0n) is 14.7. The molecule has 9 heteroatoms. The lowest BCUT2D eigenvalue weighted by atomic mass is 10.1. The topological polar surface area (TPSA) is 71.7 Å². The first-order valence-corrected chi connectivity index (χ1v) is 12.9. The third-order valence-electron chi connectivity index (χ3n) is 3.22. The molecule has 1 aromatic carbocycles. The maximum Gasteiger partial charge on any atom is 0.245 e. The minimum atomic E-state index is -2.11. The molecule has 0 fully saturated rings. The number of carbonyl (C=O) groups excluding carboxylic acids is 1. The molecule has 0 aliphatic heterocycles. The molecule has 0 saturated carbocycles. The van der Waals surface area contributed by atoms with Gasteiger partial charge in [-0.2, -0.15) is 0 Å². The summed E-state index contributed by atoms with van der Waals surface area (Å²) in [6.45, 7) is 5.80. The average molecular weight is 465 g/mol. The summed E-state index contributed by atoms with van der Waals surface area (Å²) in [7, 11) is -2.11. The van der Waals surface area contributed by atoms with E-state index in [1.165, 1.54) is 18.2 Å². The molecule has 0 saturated heterocycles. The first-order valence-electron chi connectivity index (χ1n) is 7.98. The van der Waals surface area contributed by atoms with Gasteiger partial charge in [-0.1, -0.05) is 27.5 Å². The largest absolute Gasteiger partial charge is 0.538 e. The summed E-state index contributed by atoms with van der Waals surface area (Å²) in [5, 5.41) is 13.8. The highest BCUT2D eigenvalue weighted by Crippen LogP contribution is 2.47. The van der Waals surface area contributed by atoms with Crippen molar-refractivity contribution in [3.8, 4) is 22.8 Å². The molecule has 142 valence electrons. The molecule has 1 heterocycles. The van der Waals surface area contributed by atoms with E-state index in [1.807, 2.05) is 19.6 Å². The van der Waals surface area contributed by atoms with Gasteiger partial charge < -0.3 is 13.9 Å². The van der Waals surface area contributed by atoms with E-state index in [0.717, 1.165) is 0 Å². The smallest absolute Gasteiger partial charge is 0.245 e. The highest BCUT2D eigenvalue weighted by Gasteiger charge is 2.29. The molecule has 1 amide bonds. The first kappa shape index (κ1) is 20.8. The molecule has 5 nitrogen and oxygen atoms in total. The number of amides is 1. The van der Waals surface area contributed by atoms with Gasteiger partial charge in [-0.15, -0.1) is 0 Å². The van der Waals surface area contributed by atoms with Gasteiger partial charge in [0.15, 0.2) is 5.76 Å². The van der Waals surface area contributed by atoms with Crippen molar-refractivity contribution >= 4 is 47.6 Å². The molecule has 1 aromatic heterocycles. The molecule has 2 aromatic rings. The molecule has 2 N–H and O–H groups in total. The van der Waals surface area contributed by atoms with Gasteiger partial charge >= 0.3 is 0 Å². The number of rotatable bonds is 7. The minimum Gasteiger partial charge on any atom is -0.538 e. The van der Waals surface area contributed by atoms with E-state index in [1.54, 1.807) is 0 Å². The maximum absolute atomic E-state index is 13.4. The predicted octanol–water partition coefficient (Wildman–Crippen LogP) is 5.77. The van der Waals surface area contributed by atoms with Crippen molar-refractivity contribution in [1.82, 2.24) is 0 Å². The van der Waals surface area contributed by atoms with E-state index in [0.29, 0.717) is 17.3 Å². The number of halogens is 3. The Balaban J connectivity index is 2.45.